The fourth-order valence-corrected chi connectivity index (χ4v) is 3.77. The predicted molar refractivity (Wildman–Crippen MR) is 92.7 cm³/mol. The molecule has 1 aromatic carbocycles. The first-order chi connectivity index (χ1) is 11.7. The number of carbonyl (C=O) groups is 1. The summed E-state index contributed by atoms with van der Waals surface area (Å²) >= 11 is 1.67. The van der Waals surface area contributed by atoms with Crippen LogP contribution in [0.2, 0.25) is 0 Å². The molecule has 128 valence electrons. The van der Waals surface area contributed by atoms with Crippen molar-refractivity contribution in [1.82, 2.24) is 10.6 Å². The Hall–Kier alpha value is -1.92. The molecule has 0 unspecified atom stereocenters. The summed E-state index contributed by atoms with van der Waals surface area (Å²) < 4.78 is 18.4. The van der Waals surface area contributed by atoms with Gasteiger partial charge in [0.15, 0.2) is 0 Å². The highest BCUT2D eigenvalue weighted by Gasteiger charge is 2.35. The van der Waals surface area contributed by atoms with Gasteiger partial charge in [-0.1, -0.05) is 12.1 Å². The molecule has 1 fully saturated rings. The number of urea groups is 1. The van der Waals surface area contributed by atoms with Crippen LogP contribution in [0.25, 0.3) is 0 Å². The van der Waals surface area contributed by atoms with Crippen molar-refractivity contribution in [2.45, 2.75) is 24.8 Å². The molecule has 1 aliphatic heterocycles. The molecule has 2 N–H and O–H groups in total. The largest absolute Gasteiger partial charge is 0.381 e. The lowest BCUT2D eigenvalue weighted by molar-refractivity contribution is 0.0508. The van der Waals surface area contributed by atoms with E-state index in [1.165, 1.54) is 17.7 Å². The second-order valence-corrected chi connectivity index (χ2v) is 6.85. The summed E-state index contributed by atoms with van der Waals surface area (Å²) in [6, 6.07) is 8.04. The molecular formula is C18H21FN2O2S. The smallest absolute Gasteiger partial charge is 0.315 e. The fraction of sp³-hybridized carbons (Fsp3) is 0.389. The van der Waals surface area contributed by atoms with Gasteiger partial charge in [-0.15, -0.1) is 0 Å². The average molecular weight is 348 g/mol. The van der Waals surface area contributed by atoms with Crippen LogP contribution in [-0.4, -0.2) is 25.8 Å². The van der Waals surface area contributed by atoms with Gasteiger partial charge in [0.2, 0.25) is 0 Å². The Balaban J connectivity index is 1.54. The molecule has 3 rings (SSSR count). The number of rotatable bonds is 5. The lowest BCUT2D eigenvalue weighted by Gasteiger charge is -2.37. The third-order valence-corrected chi connectivity index (χ3v) is 5.22. The number of thiophene rings is 1. The molecule has 2 heterocycles. The maximum Gasteiger partial charge on any atom is 0.315 e. The number of nitrogens with one attached hydrogen (secondary N) is 2. The van der Waals surface area contributed by atoms with Gasteiger partial charge in [-0.25, -0.2) is 9.18 Å². The molecule has 6 heteroatoms. The maximum atomic E-state index is 12.9. The van der Waals surface area contributed by atoms with Gasteiger partial charge in [0, 0.05) is 31.7 Å². The molecule has 4 nitrogen and oxygen atoms in total. The Bertz CT molecular complexity index is 652. The first-order valence-corrected chi connectivity index (χ1v) is 8.99. The number of carbonyl (C=O) groups excluding carboxylic acids is 1. The van der Waals surface area contributed by atoms with Gasteiger partial charge in [0.05, 0.1) is 0 Å². The standard InChI is InChI=1S/C18H21FN2O2S/c19-16-3-1-14(2-4-16)11-20-17(22)21-13-18(6-8-23-9-7-18)15-5-10-24-12-15/h1-5,10,12H,6-9,11,13H2,(H2,20,21,22). The van der Waals surface area contributed by atoms with Crippen LogP contribution in [-0.2, 0) is 16.7 Å². The highest BCUT2D eigenvalue weighted by molar-refractivity contribution is 7.08. The quantitative estimate of drug-likeness (QED) is 0.870. The zero-order valence-corrected chi connectivity index (χ0v) is 14.2. The molecule has 0 spiro atoms. The van der Waals surface area contributed by atoms with Crippen molar-refractivity contribution in [2.24, 2.45) is 0 Å². The zero-order chi connectivity index (χ0) is 16.8. The number of benzene rings is 1. The summed E-state index contributed by atoms with van der Waals surface area (Å²) in [6.45, 7) is 2.40. The Kier molecular flexibility index (Phi) is 5.48. The summed E-state index contributed by atoms with van der Waals surface area (Å²) in [5.41, 5.74) is 2.09. The van der Waals surface area contributed by atoms with Gasteiger partial charge in [-0.2, -0.15) is 11.3 Å². The van der Waals surface area contributed by atoms with Gasteiger partial charge >= 0.3 is 6.03 Å². The number of amides is 2. The van der Waals surface area contributed by atoms with Crippen molar-refractivity contribution in [1.29, 1.82) is 0 Å². The Morgan fingerprint density at radius 3 is 2.58 bits per heavy atom. The van der Waals surface area contributed by atoms with E-state index in [0.29, 0.717) is 26.3 Å². The van der Waals surface area contributed by atoms with Gasteiger partial charge in [0.25, 0.3) is 0 Å². The number of hydrogen-bond acceptors (Lipinski definition) is 3. The van der Waals surface area contributed by atoms with E-state index in [1.54, 1.807) is 23.5 Å². The Labute approximate surface area is 145 Å². The van der Waals surface area contributed by atoms with Crippen molar-refractivity contribution in [3.8, 4) is 0 Å². The fourth-order valence-electron chi connectivity index (χ4n) is 2.99. The lowest BCUT2D eigenvalue weighted by Crippen LogP contribution is -2.47. The number of hydrogen-bond donors (Lipinski definition) is 2. The van der Waals surface area contributed by atoms with Crippen LogP contribution < -0.4 is 10.6 Å². The van der Waals surface area contributed by atoms with E-state index >= 15 is 0 Å². The third kappa shape index (κ3) is 4.13. The molecule has 2 aromatic rings. The predicted octanol–water partition coefficient (Wildman–Crippen LogP) is 3.43. The molecule has 24 heavy (non-hydrogen) atoms. The minimum atomic E-state index is -0.277. The summed E-state index contributed by atoms with van der Waals surface area (Å²) in [4.78, 5) is 12.1. The zero-order valence-electron chi connectivity index (χ0n) is 13.4. The van der Waals surface area contributed by atoms with Gasteiger partial charge in [-0.3, -0.25) is 0 Å². The Morgan fingerprint density at radius 1 is 1.17 bits per heavy atom. The average Bonchev–Trinajstić information content (AvgIpc) is 3.16. The molecule has 2 amide bonds. The Morgan fingerprint density at radius 2 is 1.92 bits per heavy atom. The first kappa shape index (κ1) is 16.9. The van der Waals surface area contributed by atoms with E-state index < -0.39 is 0 Å². The first-order valence-electron chi connectivity index (χ1n) is 8.05. The van der Waals surface area contributed by atoms with E-state index in [1.807, 2.05) is 0 Å². The van der Waals surface area contributed by atoms with E-state index in [-0.39, 0.29) is 17.3 Å². The van der Waals surface area contributed by atoms with Crippen LogP contribution in [0, 0.1) is 5.82 Å². The normalized spacial score (nSPS) is 16.5. The molecule has 0 bridgehead atoms. The van der Waals surface area contributed by atoms with Crippen LogP contribution in [0.1, 0.15) is 24.0 Å². The van der Waals surface area contributed by atoms with Crippen molar-refractivity contribution in [3.05, 3.63) is 58.0 Å². The maximum absolute atomic E-state index is 12.9. The summed E-state index contributed by atoms with van der Waals surface area (Å²) in [7, 11) is 0. The summed E-state index contributed by atoms with van der Waals surface area (Å²) in [6.07, 6.45) is 1.81. The van der Waals surface area contributed by atoms with Crippen molar-refractivity contribution in [2.75, 3.05) is 19.8 Å². The molecule has 0 aliphatic carbocycles. The highest BCUT2D eigenvalue weighted by atomic mass is 32.1. The van der Waals surface area contributed by atoms with Crippen LogP contribution in [0.5, 0.6) is 0 Å². The van der Waals surface area contributed by atoms with Gasteiger partial charge < -0.3 is 15.4 Å². The monoisotopic (exact) mass is 348 g/mol. The SMILES string of the molecule is O=C(NCc1ccc(F)cc1)NCC1(c2ccsc2)CCOCC1. The minimum absolute atomic E-state index is 0.0501. The number of halogens is 1. The highest BCUT2D eigenvalue weighted by Crippen LogP contribution is 2.35. The van der Waals surface area contributed by atoms with E-state index in [4.69, 9.17) is 4.74 Å². The number of ether oxygens (including phenoxy) is 1. The minimum Gasteiger partial charge on any atom is -0.381 e. The molecule has 1 saturated heterocycles. The third-order valence-electron chi connectivity index (χ3n) is 4.54. The van der Waals surface area contributed by atoms with Crippen molar-refractivity contribution in [3.63, 3.8) is 0 Å². The van der Waals surface area contributed by atoms with Crippen LogP contribution in [0.3, 0.4) is 0 Å². The van der Waals surface area contributed by atoms with Crippen LogP contribution in [0.4, 0.5) is 9.18 Å². The molecular weight excluding hydrogens is 327 g/mol. The molecule has 0 radical (unpaired) electrons. The van der Waals surface area contributed by atoms with E-state index in [2.05, 4.69) is 27.5 Å². The molecule has 1 aliphatic rings. The van der Waals surface area contributed by atoms with Crippen LogP contribution in [0.15, 0.2) is 41.1 Å². The topological polar surface area (TPSA) is 50.4 Å². The van der Waals surface area contributed by atoms with E-state index in [9.17, 15) is 9.18 Å². The molecule has 0 saturated carbocycles. The van der Waals surface area contributed by atoms with Gasteiger partial charge in [-0.05, 0) is 52.9 Å². The summed E-state index contributed by atoms with van der Waals surface area (Å²) in [5, 5.41) is 10.0. The van der Waals surface area contributed by atoms with E-state index in [0.717, 1.165) is 18.4 Å². The summed E-state index contributed by atoms with van der Waals surface area (Å²) in [5.74, 6) is -0.277. The second kappa shape index (κ2) is 7.77. The van der Waals surface area contributed by atoms with Crippen molar-refractivity contribution >= 4 is 17.4 Å². The molecule has 0 atom stereocenters. The molecule has 1 aromatic heterocycles. The van der Waals surface area contributed by atoms with Crippen LogP contribution >= 0.6 is 11.3 Å². The van der Waals surface area contributed by atoms with Crippen molar-refractivity contribution < 1.29 is 13.9 Å². The second-order valence-electron chi connectivity index (χ2n) is 6.07. The van der Waals surface area contributed by atoms with Gasteiger partial charge in [0.1, 0.15) is 5.82 Å². The lowest BCUT2D eigenvalue weighted by atomic mass is 9.75.